The lowest BCUT2D eigenvalue weighted by Gasteiger charge is -2.03. The number of hydrogen-bond acceptors (Lipinski definition) is 3. The van der Waals surface area contributed by atoms with Crippen molar-refractivity contribution in [1.29, 1.82) is 0 Å². The molecule has 0 aliphatic heterocycles. The Labute approximate surface area is 120 Å². The van der Waals surface area contributed by atoms with E-state index in [1.807, 2.05) is 18.3 Å². The van der Waals surface area contributed by atoms with Gasteiger partial charge in [-0.2, -0.15) is 0 Å². The Morgan fingerprint density at radius 3 is 2.10 bits per heavy atom. The molecule has 0 radical (unpaired) electrons. The fourth-order valence-electron chi connectivity index (χ4n) is 1.57. The Morgan fingerprint density at radius 1 is 1.05 bits per heavy atom. The molecular weight excluding hydrogens is 250 g/mol. The van der Waals surface area contributed by atoms with E-state index in [0.717, 1.165) is 5.69 Å². The number of aromatic amines is 1. The maximum atomic E-state index is 10.6. The summed E-state index contributed by atoms with van der Waals surface area (Å²) < 4.78 is 0. The molecule has 0 aromatic carbocycles. The van der Waals surface area contributed by atoms with Crippen LogP contribution in [0.25, 0.3) is 0 Å². The van der Waals surface area contributed by atoms with Crippen molar-refractivity contribution in [2.45, 2.75) is 39.5 Å². The van der Waals surface area contributed by atoms with Crippen LogP contribution in [0, 0.1) is 0 Å². The molecule has 4 nitrogen and oxygen atoms in total. The molecule has 108 valence electrons. The first-order valence-electron chi connectivity index (χ1n) is 6.79. The first-order chi connectivity index (χ1) is 9.40. The van der Waals surface area contributed by atoms with Gasteiger partial charge in [-0.15, -0.1) is 0 Å². The van der Waals surface area contributed by atoms with Crippen LogP contribution < -0.4 is 11.3 Å². The largest absolute Gasteiger partial charge is 0.397 e. The van der Waals surface area contributed by atoms with Crippen molar-refractivity contribution in [1.82, 2.24) is 9.97 Å². The molecule has 2 heterocycles. The normalized spacial score (nSPS) is 10.3. The number of nitrogens with one attached hydrogen (secondary N) is 1. The molecule has 0 spiro atoms. The molecule has 0 aliphatic carbocycles. The van der Waals surface area contributed by atoms with E-state index in [2.05, 4.69) is 37.7 Å². The molecule has 0 bridgehead atoms. The Balaban J connectivity index is 0.000000200. The van der Waals surface area contributed by atoms with Crippen molar-refractivity contribution in [3.05, 3.63) is 58.3 Å². The number of pyridine rings is 2. The molecule has 0 unspecified atom stereocenters. The number of anilines is 1. The van der Waals surface area contributed by atoms with Crippen molar-refractivity contribution in [3.63, 3.8) is 0 Å². The third kappa shape index (κ3) is 5.26. The highest BCUT2D eigenvalue weighted by Gasteiger charge is 1.97. The van der Waals surface area contributed by atoms with Crippen LogP contribution in [0.5, 0.6) is 0 Å². The molecule has 0 amide bonds. The summed E-state index contributed by atoms with van der Waals surface area (Å²) in [6, 6.07) is 5.36. The van der Waals surface area contributed by atoms with Crippen molar-refractivity contribution >= 4 is 5.69 Å². The molecule has 0 saturated carbocycles. The van der Waals surface area contributed by atoms with Gasteiger partial charge in [-0.1, -0.05) is 33.8 Å². The lowest BCUT2D eigenvalue weighted by molar-refractivity contribution is 0.855. The van der Waals surface area contributed by atoms with Gasteiger partial charge < -0.3 is 10.7 Å². The van der Waals surface area contributed by atoms with Crippen molar-refractivity contribution in [2.75, 3.05) is 5.73 Å². The molecule has 0 saturated heterocycles. The van der Waals surface area contributed by atoms with E-state index < -0.39 is 0 Å². The second-order valence-electron chi connectivity index (χ2n) is 5.35. The first-order valence-corrected chi connectivity index (χ1v) is 6.79. The quantitative estimate of drug-likeness (QED) is 0.882. The molecule has 2 aromatic rings. The van der Waals surface area contributed by atoms with Gasteiger partial charge in [-0.25, -0.2) is 0 Å². The highest BCUT2D eigenvalue weighted by Crippen LogP contribution is 2.14. The number of hydrogen-bond donors (Lipinski definition) is 2. The summed E-state index contributed by atoms with van der Waals surface area (Å²) in [5.74, 6) is 0.993. The number of nitrogen functional groups attached to an aromatic ring is 1. The molecule has 20 heavy (non-hydrogen) atoms. The summed E-state index contributed by atoms with van der Waals surface area (Å²) in [5, 5.41) is 0. The number of aromatic nitrogens is 2. The summed E-state index contributed by atoms with van der Waals surface area (Å²) in [6.07, 6.45) is 5.26. The van der Waals surface area contributed by atoms with Gasteiger partial charge in [-0.3, -0.25) is 9.78 Å². The third-order valence-corrected chi connectivity index (χ3v) is 2.92. The Hall–Kier alpha value is -2.10. The van der Waals surface area contributed by atoms with Crippen LogP contribution in [0.4, 0.5) is 5.69 Å². The van der Waals surface area contributed by atoms with E-state index >= 15 is 0 Å². The third-order valence-electron chi connectivity index (χ3n) is 2.92. The van der Waals surface area contributed by atoms with Crippen molar-refractivity contribution < 1.29 is 0 Å². The Bertz CT molecular complexity index is 568. The van der Waals surface area contributed by atoms with Gasteiger partial charge in [0.1, 0.15) is 0 Å². The van der Waals surface area contributed by atoms with Crippen LogP contribution in [-0.4, -0.2) is 9.97 Å². The zero-order valence-corrected chi connectivity index (χ0v) is 12.6. The predicted molar refractivity (Wildman–Crippen MR) is 83.9 cm³/mol. The van der Waals surface area contributed by atoms with E-state index in [0.29, 0.717) is 11.8 Å². The summed E-state index contributed by atoms with van der Waals surface area (Å²) >= 11 is 0. The van der Waals surface area contributed by atoms with E-state index in [9.17, 15) is 4.79 Å². The first kappa shape index (κ1) is 16.0. The van der Waals surface area contributed by atoms with Crippen molar-refractivity contribution in [3.8, 4) is 0 Å². The molecule has 2 rings (SSSR count). The maximum absolute atomic E-state index is 10.6. The second-order valence-corrected chi connectivity index (χ2v) is 5.35. The lowest BCUT2D eigenvalue weighted by Crippen LogP contribution is -2.03. The Kier molecular flexibility index (Phi) is 5.97. The molecule has 3 N–H and O–H groups in total. The zero-order chi connectivity index (χ0) is 15.1. The zero-order valence-electron chi connectivity index (χ0n) is 12.6. The van der Waals surface area contributed by atoms with E-state index in [4.69, 9.17) is 5.73 Å². The van der Waals surface area contributed by atoms with Gasteiger partial charge in [0.05, 0.1) is 5.69 Å². The van der Waals surface area contributed by atoms with E-state index in [1.165, 1.54) is 11.1 Å². The van der Waals surface area contributed by atoms with E-state index in [1.54, 1.807) is 18.5 Å². The fourth-order valence-corrected chi connectivity index (χ4v) is 1.57. The number of rotatable bonds is 2. The number of H-pyrrole nitrogens is 1. The summed E-state index contributed by atoms with van der Waals surface area (Å²) in [5.41, 5.74) is 8.60. The molecule has 0 aliphatic rings. The summed E-state index contributed by atoms with van der Waals surface area (Å²) in [7, 11) is 0. The summed E-state index contributed by atoms with van der Waals surface area (Å²) in [4.78, 5) is 17.2. The van der Waals surface area contributed by atoms with Gasteiger partial charge in [0.2, 0.25) is 5.56 Å². The highest BCUT2D eigenvalue weighted by atomic mass is 16.1. The molecule has 0 fully saturated rings. The summed E-state index contributed by atoms with van der Waals surface area (Å²) in [6.45, 7) is 8.42. The van der Waals surface area contributed by atoms with Crippen LogP contribution in [-0.2, 0) is 0 Å². The minimum Gasteiger partial charge on any atom is -0.397 e. The van der Waals surface area contributed by atoms with Crippen LogP contribution in [0.3, 0.4) is 0 Å². The minimum atomic E-state index is -0.0376. The Morgan fingerprint density at radius 2 is 1.70 bits per heavy atom. The van der Waals surface area contributed by atoms with Crippen LogP contribution in [0.1, 0.15) is 50.7 Å². The van der Waals surface area contributed by atoms with Crippen molar-refractivity contribution in [2.24, 2.45) is 0 Å². The highest BCUT2D eigenvalue weighted by molar-refractivity contribution is 5.37. The number of nitrogens with two attached hydrogens (primary N) is 1. The smallest absolute Gasteiger partial charge is 0.247 e. The average molecular weight is 273 g/mol. The maximum Gasteiger partial charge on any atom is 0.247 e. The molecule has 4 heteroatoms. The SMILES string of the molecule is CC(C)c1ccc(=O)[nH]c1.CC(C)c1cncc(N)c1. The van der Waals surface area contributed by atoms with Crippen LogP contribution in [0.2, 0.25) is 0 Å². The van der Waals surface area contributed by atoms with Gasteiger partial charge in [-0.05, 0) is 29.0 Å². The topological polar surface area (TPSA) is 71.8 Å². The standard InChI is InChI=1S/C8H12N2.C8H11NO/c1-6(2)7-3-8(9)5-10-4-7;1-6(2)7-3-4-8(10)9-5-7/h3-6H,9H2,1-2H3;3-6H,1-2H3,(H,9,10). The van der Waals surface area contributed by atoms with Crippen LogP contribution in [0.15, 0.2) is 41.6 Å². The predicted octanol–water partition coefficient (Wildman–Crippen LogP) is 3.29. The van der Waals surface area contributed by atoms with Gasteiger partial charge >= 0.3 is 0 Å². The molecule has 0 atom stereocenters. The second kappa shape index (κ2) is 7.48. The van der Waals surface area contributed by atoms with E-state index in [-0.39, 0.29) is 5.56 Å². The monoisotopic (exact) mass is 273 g/mol. The number of nitrogens with zero attached hydrogens (tertiary/aromatic N) is 1. The lowest BCUT2D eigenvalue weighted by atomic mass is 10.1. The molecular formula is C16H23N3O. The fraction of sp³-hybridized carbons (Fsp3) is 0.375. The van der Waals surface area contributed by atoms with Gasteiger partial charge in [0.15, 0.2) is 0 Å². The van der Waals surface area contributed by atoms with Gasteiger partial charge in [0.25, 0.3) is 0 Å². The minimum absolute atomic E-state index is 0.0376. The average Bonchev–Trinajstić information content (AvgIpc) is 2.40. The van der Waals surface area contributed by atoms with Crippen LogP contribution >= 0.6 is 0 Å². The molecule has 2 aromatic heterocycles. The van der Waals surface area contributed by atoms with Gasteiger partial charge in [0, 0.05) is 24.7 Å².